The lowest BCUT2D eigenvalue weighted by Gasteiger charge is -2.12. The monoisotopic (exact) mass is 430 g/mol. The van der Waals surface area contributed by atoms with Gasteiger partial charge in [-0.1, -0.05) is 41.9 Å². The van der Waals surface area contributed by atoms with E-state index in [0.717, 1.165) is 12.1 Å². The Hall–Kier alpha value is -2.92. The molecule has 7 nitrogen and oxygen atoms in total. The predicted molar refractivity (Wildman–Crippen MR) is 95.7 cm³/mol. The highest BCUT2D eigenvalue weighted by Crippen LogP contribution is 2.35. The zero-order chi connectivity index (χ0) is 20.5. The fourth-order valence-electron chi connectivity index (χ4n) is 2.25. The van der Waals surface area contributed by atoms with E-state index in [1.165, 1.54) is 6.07 Å². The van der Waals surface area contributed by atoms with Gasteiger partial charge in [-0.15, -0.1) is 10.2 Å². The molecule has 146 valence electrons. The van der Waals surface area contributed by atoms with Gasteiger partial charge in [0.2, 0.25) is 5.95 Å². The number of nitrogens with zero attached hydrogens (tertiary/aromatic N) is 3. The minimum atomic E-state index is -5.87. The van der Waals surface area contributed by atoms with Crippen LogP contribution in [0.1, 0.15) is 0 Å². The quantitative estimate of drug-likeness (QED) is 0.497. The summed E-state index contributed by atoms with van der Waals surface area (Å²) in [7, 11) is -5.87. The molecular weight excluding hydrogens is 421 g/mol. The molecule has 1 heterocycles. The first kappa shape index (κ1) is 19.8. The maximum absolute atomic E-state index is 12.6. The topological polar surface area (TPSA) is 108 Å². The minimum Gasteiger partial charge on any atom is -0.376 e. The minimum absolute atomic E-state index is 0.0810. The molecule has 28 heavy (non-hydrogen) atoms. The van der Waals surface area contributed by atoms with Gasteiger partial charge in [-0.05, 0) is 12.1 Å². The van der Waals surface area contributed by atoms with Gasteiger partial charge in [-0.2, -0.15) is 21.6 Å². The van der Waals surface area contributed by atoms with E-state index in [2.05, 4.69) is 19.4 Å². The molecule has 0 saturated carbocycles. The molecular formula is C16H10ClF3N4O3S. The second kappa shape index (κ2) is 7.24. The third kappa shape index (κ3) is 4.15. The summed E-state index contributed by atoms with van der Waals surface area (Å²) in [5.74, 6) is -0.766. The molecule has 0 unspecified atom stereocenters. The highest BCUT2D eigenvalue weighted by Gasteiger charge is 2.48. The summed E-state index contributed by atoms with van der Waals surface area (Å²) in [6, 6.07) is 12.0. The molecule has 2 N–H and O–H groups in total. The van der Waals surface area contributed by atoms with Gasteiger partial charge in [0, 0.05) is 22.2 Å². The Labute approximate surface area is 162 Å². The molecule has 3 aromatic rings. The van der Waals surface area contributed by atoms with Crippen LogP contribution in [-0.4, -0.2) is 29.1 Å². The van der Waals surface area contributed by atoms with Gasteiger partial charge in [-0.25, -0.2) is 4.98 Å². The molecule has 0 aliphatic heterocycles. The van der Waals surface area contributed by atoms with Crippen LogP contribution in [0.5, 0.6) is 5.75 Å². The first-order valence-electron chi connectivity index (χ1n) is 7.44. The van der Waals surface area contributed by atoms with Crippen LogP contribution in [-0.2, 0) is 10.1 Å². The van der Waals surface area contributed by atoms with Crippen LogP contribution in [0.4, 0.5) is 19.1 Å². The highest BCUT2D eigenvalue weighted by molar-refractivity contribution is 7.88. The smallest absolute Gasteiger partial charge is 0.376 e. The lowest BCUT2D eigenvalue weighted by atomic mass is 10.0. The summed E-state index contributed by atoms with van der Waals surface area (Å²) in [5, 5.41) is 7.50. The molecule has 0 saturated heterocycles. The van der Waals surface area contributed by atoms with Crippen molar-refractivity contribution in [1.82, 2.24) is 15.2 Å². The molecule has 1 aromatic heterocycles. The number of nitrogens with two attached hydrogens (primary N) is 1. The van der Waals surface area contributed by atoms with Gasteiger partial charge in [0.25, 0.3) is 0 Å². The van der Waals surface area contributed by atoms with Crippen molar-refractivity contribution in [3.63, 3.8) is 0 Å². The summed E-state index contributed by atoms with van der Waals surface area (Å²) < 4.78 is 64.4. The van der Waals surface area contributed by atoms with E-state index in [9.17, 15) is 21.6 Å². The number of hydrogen-bond donors (Lipinski definition) is 1. The van der Waals surface area contributed by atoms with E-state index in [4.69, 9.17) is 17.3 Å². The van der Waals surface area contributed by atoms with Crippen LogP contribution in [0.2, 0.25) is 5.02 Å². The van der Waals surface area contributed by atoms with E-state index in [1.54, 1.807) is 30.3 Å². The zero-order valence-corrected chi connectivity index (χ0v) is 15.3. The van der Waals surface area contributed by atoms with Crippen LogP contribution in [0, 0.1) is 0 Å². The lowest BCUT2D eigenvalue weighted by Crippen LogP contribution is -2.28. The molecule has 0 fully saturated rings. The second-order valence-corrected chi connectivity index (χ2v) is 7.37. The first-order chi connectivity index (χ1) is 13.1. The number of rotatable bonds is 4. The normalized spacial score (nSPS) is 12.0. The molecule has 0 amide bonds. The molecule has 0 bridgehead atoms. The molecule has 0 atom stereocenters. The van der Waals surface area contributed by atoms with Crippen molar-refractivity contribution >= 4 is 27.7 Å². The van der Waals surface area contributed by atoms with Crippen LogP contribution in [0.25, 0.3) is 22.5 Å². The number of anilines is 1. The number of hydrogen-bond acceptors (Lipinski definition) is 7. The summed E-state index contributed by atoms with van der Waals surface area (Å²) in [6.45, 7) is 0. The van der Waals surface area contributed by atoms with Gasteiger partial charge >= 0.3 is 15.6 Å². The standard InChI is InChI=1S/C16H10ClF3N4O3S/c17-11-6-10(7-12(8-11)27-28(25,26)16(18,19)20)14-13(22-15(21)24-23-14)9-4-2-1-3-5-9/h1-8H,(H2,21,22,24). The third-order valence-electron chi connectivity index (χ3n) is 3.38. The first-order valence-corrected chi connectivity index (χ1v) is 9.23. The SMILES string of the molecule is Nc1nnc(-c2cc(Cl)cc(OS(=O)(=O)C(F)(F)F)c2)c(-c2ccccc2)n1. The largest absolute Gasteiger partial charge is 0.534 e. The second-order valence-electron chi connectivity index (χ2n) is 5.39. The Kier molecular flexibility index (Phi) is 5.13. The summed E-state index contributed by atoms with van der Waals surface area (Å²) >= 11 is 5.92. The number of aromatic nitrogens is 3. The fourth-order valence-corrected chi connectivity index (χ4v) is 2.92. The molecule has 0 radical (unpaired) electrons. The molecule has 12 heteroatoms. The molecule has 0 aliphatic carbocycles. The van der Waals surface area contributed by atoms with E-state index in [1.807, 2.05) is 0 Å². The number of nitrogen functional groups attached to an aromatic ring is 1. The number of halogens is 4. The van der Waals surface area contributed by atoms with Gasteiger partial charge in [0.15, 0.2) is 0 Å². The van der Waals surface area contributed by atoms with Crippen molar-refractivity contribution in [1.29, 1.82) is 0 Å². The predicted octanol–water partition coefficient (Wildman–Crippen LogP) is 3.67. The molecule has 3 rings (SSSR count). The summed E-state index contributed by atoms with van der Waals surface area (Å²) in [4.78, 5) is 4.11. The Morgan fingerprint density at radius 3 is 2.29 bits per heavy atom. The maximum Gasteiger partial charge on any atom is 0.534 e. The zero-order valence-electron chi connectivity index (χ0n) is 13.7. The third-order valence-corrected chi connectivity index (χ3v) is 4.58. The van der Waals surface area contributed by atoms with E-state index >= 15 is 0 Å². The molecule has 0 aliphatic rings. The van der Waals surface area contributed by atoms with E-state index in [0.29, 0.717) is 5.56 Å². The van der Waals surface area contributed by atoms with Crippen molar-refractivity contribution in [3.8, 4) is 28.3 Å². The Balaban J connectivity index is 2.13. The average Bonchev–Trinajstić information content (AvgIpc) is 2.60. The highest BCUT2D eigenvalue weighted by atomic mass is 35.5. The molecule has 2 aromatic carbocycles. The van der Waals surface area contributed by atoms with Crippen molar-refractivity contribution in [2.45, 2.75) is 5.51 Å². The van der Waals surface area contributed by atoms with Crippen molar-refractivity contribution in [3.05, 3.63) is 53.6 Å². The van der Waals surface area contributed by atoms with Crippen LogP contribution in [0.3, 0.4) is 0 Å². The van der Waals surface area contributed by atoms with Gasteiger partial charge in [0.1, 0.15) is 17.1 Å². The van der Waals surface area contributed by atoms with Gasteiger partial charge < -0.3 is 9.92 Å². The Morgan fingerprint density at radius 1 is 0.964 bits per heavy atom. The van der Waals surface area contributed by atoms with Gasteiger partial charge in [-0.3, -0.25) is 0 Å². The van der Waals surface area contributed by atoms with E-state index < -0.39 is 21.4 Å². The summed E-state index contributed by atoms with van der Waals surface area (Å²) in [5.41, 5.74) is 1.14. The van der Waals surface area contributed by atoms with Crippen LogP contribution in [0.15, 0.2) is 48.5 Å². The van der Waals surface area contributed by atoms with Crippen molar-refractivity contribution in [2.75, 3.05) is 5.73 Å². The van der Waals surface area contributed by atoms with Crippen LogP contribution < -0.4 is 9.92 Å². The van der Waals surface area contributed by atoms with Gasteiger partial charge in [0.05, 0.1) is 0 Å². The van der Waals surface area contributed by atoms with Crippen LogP contribution >= 0.6 is 11.6 Å². The Bertz CT molecular complexity index is 1130. The maximum atomic E-state index is 12.6. The van der Waals surface area contributed by atoms with Crippen molar-refractivity contribution in [2.24, 2.45) is 0 Å². The summed E-state index contributed by atoms with van der Waals surface area (Å²) in [6.07, 6.45) is 0. The Morgan fingerprint density at radius 2 is 1.64 bits per heavy atom. The molecule has 0 spiro atoms. The van der Waals surface area contributed by atoms with E-state index in [-0.39, 0.29) is 27.9 Å². The lowest BCUT2D eigenvalue weighted by molar-refractivity contribution is -0.0500. The van der Waals surface area contributed by atoms with Crippen molar-refractivity contribution < 1.29 is 25.8 Å². The number of benzene rings is 2. The average molecular weight is 431 g/mol. The number of alkyl halides is 3. The fraction of sp³-hybridized carbons (Fsp3) is 0.0625.